The molecular weight excluding hydrogens is 306 g/mol. The summed E-state index contributed by atoms with van der Waals surface area (Å²) in [5, 5.41) is 8.05. The molecule has 3 nitrogen and oxygen atoms in total. The van der Waals surface area contributed by atoms with Gasteiger partial charge in [-0.1, -0.05) is 47.6 Å². The lowest BCUT2D eigenvalue weighted by Gasteiger charge is -2.44. The molecule has 2 atom stereocenters. The molecule has 136 valence electrons. The van der Waals surface area contributed by atoms with Gasteiger partial charge in [0.15, 0.2) is 0 Å². The Balaban J connectivity index is 2.38. The van der Waals surface area contributed by atoms with E-state index in [0.717, 1.165) is 12.3 Å². The third-order valence-electron chi connectivity index (χ3n) is 6.50. The van der Waals surface area contributed by atoms with E-state index >= 15 is 0 Å². The Morgan fingerprint density at radius 3 is 2.32 bits per heavy atom. The number of nitrogens with one attached hydrogen (secondary N) is 1. The fourth-order valence-corrected chi connectivity index (χ4v) is 4.75. The summed E-state index contributed by atoms with van der Waals surface area (Å²) in [7, 11) is 0. The molecule has 2 aliphatic rings. The van der Waals surface area contributed by atoms with Crippen LogP contribution in [-0.2, 0) is 5.41 Å². The van der Waals surface area contributed by atoms with Crippen LogP contribution in [0.5, 0.6) is 0 Å². The molecule has 3 N–H and O–H groups in total. The van der Waals surface area contributed by atoms with Crippen LogP contribution in [0, 0.1) is 11.3 Å². The number of rotatable bonds is 5. The van der Waals surface area contributed by atoms with Crippen molar-refractivity contribution in [3.05, 3.63) is 34.4 Å². The Labute approximate surface area is 152 Å². The van der Waals surface area contributed by atoms with E-state index in [4.69, 9.17) is 11.1 Å². The van der Waals surface area contributed by atoms with Gasteiger partial charge in [0, 0.05) is 5.41 Å². The monoisotopic (exact) mass is 340 g/mol. The number of amidine groups is 1. The first kappa shape index (κ1) is 18.2. The topological polar surface area (TPSA) is 52.9 Å². The fourth-order valence-electron chi connectivity index (χ4n) is 4.75. The number of hydrogen-bond acceptors (Lipinski definition) is 2. The molecule has 0 bridgehead atoms. The maximum absolute atomic E-state index is 8.05. The molecule has 1 aromatic carbocycles. The lowest BCUT2D eigenvalue weighted by atomic mass is 9.65. The highest BCUT2D eigenvalue weighted by atomic mass is 15.1. The van der Waals surface area contributed by atoms with Crippen molar-refractivity contribution in [2.75, 3.05) is 0 Å². The zero-order valence-corrected chi connectivity index (χ0v) is 16.7. The van der Waals surface area contributed by atoms with Crippen molar-refractivity contribution in [2.24, 2.45) is 11.7 Å². The first-order valence-electron chi connectivity index (χ1n) is 9.86. The predicted molar refractivity (Wildman–Crippen MR) is 106 cm³/mol. The highest BCUT2D eigenvalue weighted by molar-refractivity contribution is 5.98. The summed E-state index contributed by atoms with van der Waals surface area (Å²) < 4.78 is 2.07. The van der Waals surface area contributed by atoms with E-state index in [-0.39, 0.29) is 5.41 Å². The maximum Gasteiger partial charge on any atom is 0.226 e. The number of benzene rings is 1. The summed E-state index contributed by atoms with van der Waals surface area (Å²) in [6.07, 6.45) is 5.05. The van der Waals surface area contributed by atoms with Crippen LogP contribution in [0.25, 0.3) is 0 Å². The van der Waals surface area contributed by atoms with Gasteiger partial charge in [-0.05, 0) is 59.8 Å². The van der Waals surface area contributed by atoms with Crippen LogP contribution >= 0.6 is 0 Å². The molecule has 1 aromatic rings. The molecule has 0 radical (unpaired) electrons. The molecule has 3 heteroatoms. The molecule has 3 rings (SSSR count). The molecule has 1 aliphatic heterocycles. The van der Waals surface area contributed by atoms with Crippen molar-refractivity contribution in [2.45, 2.75) is 84.1 Å². The summed E-state index contributed by atoms with van der Waals surface area (Å²) in [6.45, 7) is 13.8. The molecule has 0 spiro atoms. The van der Waals surface area contributed by atoms with Gasteiger partial charge >= 0.3 is 0 Å². The first-order valence-corrected chi connectivity index (χ1v) is 9.86. The summed E-state index contributed by atoms with van der Waals surface area (Å²) in [5.74, 6) is 2.37. The fraction of sp³-hybridized carbons (Fsp3) is 0.636. The van der Waals surface area contributed by atoms with Crippen LogP contribution in [0.3, 0.4) is 0 Å². The second-order valence-electron chi connectivity index (χ2n) is 8.82. The van der Waals surface area contributed by atoms with Crippen LogP contribution in [0.1, 0.15) is 94.9 Å². The number of hydrogen-bond donors (Lipinski definition) is 2. The van der Waals surface area contributed by atoms with Gasteiger partial charge in [0.2, 0.25) is 12.2 Å². The minimum Gasteiger partial charge on any atom is -0.318 e. The molecule has 1 fully saturated rings. The maximum atomic E-state index is 8.05. The number of nitrogens with zero attached hydrogens (tertiary/aromatic N) is 1. The van der Waals surface area contributed by atoms with E-state index < -0.39 is 0 Å². The average molecular weight is 341 g/mol. The predicted octanol–water partition coefficient (Wildman–Crippen LogP) is 4.72. The highest BCUT2D eigenvalue weighted by Crippen LogP contribution is 2.50. The molecule has 2 unspecified atom stereocenters. The van der Waals surface area contributed by atoms with Crippen LogP contribution in [-0.4, -0.2) is 22.8 Å². The van der Waals surface area contributed by atoms with Crippen molar-refractivity contribution in [1.82, 2.24) is 0 Å². The van der Waals surface area contributed by atoms with E-state index in [1.54, 1.807) is 0 Å². The highest BCUT2D eigenvalue weighted by Gasteiger charge is 2.52. The van der Waals surface area contributed by atoms with Gasteiger partial charge in [-0.15, -0.1) is 0 Å². The summed E-state index contributed by atoms with van der Waals surface area (Å²) in [6, 6.07) is 5.01. The second-order valence-corrected chi connectivity index (χ2v) is 8.82. The van der Waals surface area contributed by atoms with E-state index in [9.17, 15) is 0 Å². The van der Waals surface area contributed by atoms with Gasteiger partial charge in [-0.3, -0.25) is 0 Å². The van der Waals surface area contributed by atoms with Gasteiger partial charge in [0.1, 0.15) is 0 Å². The van der Waals surface area contributed by atoms with Crippen LogP contribution in [0.15, 0.2) is 12.1 Å². The van der Waals surface area contributed by atoms with Gasteiger partial charge in [0.25, 0.3) is 0 Å². The van der Waals surface area contributed by atoms with Crippen molar-refractivity contribution in [3.8, 4) is 0 Å². The van der Waals surface area contributed by atoms with Crippen LogP contribution in [0.2, 0.25) is 0 Å². The smallest absolute Gasteiger partial charge is 0.226 e. The Morgan fingerprint density at radius 1 is 1.24 bits per heavy atom. The van der Waals surface area contributed by atoms with Crippen LogP contribution in [0.4, 0.5) is 0 Å². The van der Waals surface area contributed by atoms with E-state index in [2.05, 4.69) is 58.3 Å². The van der Waals surface area contributed by atoms with Crippen molar-refractivity contribution >= 4 is 12.2 Å². The zero-order chi connectivity index (χ0) is 18.5. The molecule has 1 saturated carbocycles. The van der Waals surface area contributed by atoms with Crippen molar-refractivity contribution in [1.29, 1.82) is 5.41 Å². The Hall–Kier alpha value is -1.64. The second kappa shape index (κ2) is 6.26. The van der Waals surface area contributed by atoms with E-state index in [1.807, 2.05) is 0 Å². The van der Waals surface area contributed by atoms with E-state index in [0.29, 0.717) is 23.8 Å². The molecule has 0 aromatic heterocycles. The quantitative estimate of drug-likeness (QED) is 0.455. The molecule has 25 heavy (non-hydrogen) atoms. The van der Waals surface area contributed by atoms with Gasteiger partial charge < -0.3 is 5.73 Å². The minimum absolute atomic E-state index is 0.0338. The molecule has 1 heterocycles. The normalized spacial score (nSPS) is 26.3. The summed E-state index contributed by atoms with van der Waals surface area (Å²) in [5.41, 5.74) is 12.1. The Bertz CT molecular complexity index is 725. The Kier molecular flexibility index (Phi) is 4.55. The molecule has 1 aliphatic carbocycles. The Morgan fingerprint density at radius 2 is 1.88 bits per heavy atom. The van der Waals surface area contributed by atoms with Crippen molar-refractivity contribution in [3.63, 3.8) is 0 Å². The largest absolute Gasteiger partial charge is 0.318 e. The number of fused-ring (bicyclic) bond motifs is 1. The van der Waals surface area contributed by atoms with Gasteiger partial charge in [0.05, 0.1) is 11.6 Å². The van der Waals surface area contributed by atoms with E-state index in [1.165, 1.54) is 41.4 Å². The lowest BCUT2D eigenvalue weighted by molar-refractivity contribution is -0.471. The minimum atomic E-state index is 0.0338. The third-order valence-corrected chi connectivity index (χ3v) is 6.50. The summed E-state index contributed by atoms with van der Waals surface area (Å²) in [4.78, 5) is 0. The standard InChI is InChI=1S/C22H33N3/c1-7-22(6)19-17(14(4)5)10-16(13(2)3)11-18(19)21(24)25(12-23)20(22)15-8-9-15/h10-15,20,23-24H,7-9H2,1-6H3/p+1. The summed E-state index contributed by atoms with van der Waals surface area (Å²) >= 11 is 0. The number of nitrogens with two attached hydrogens (primary N) is 1. The molecule has 0 saturated heterocycles. The van der Waals surface area contributed by atoms with Gasteiger partial charge in [-0.2, -0.15) is 5.41 Å². The third kappa shape index (κ3) is 2.72. The van der Waals surface area contributed by atoms with Crippen LogP contribution < -0.4 is 5.73 Å². The average Bonchev–Trinajstić information content (AvgIpc) is 3.41. The zero-order valence-electron chi connectivity index (χ0n) is 16.7. The molecular formula is C22H34N3+. The van der Waals surface area contributed by atoms with Gasteiger partial charge in [-0.25, -0.2) is 4.58 Å². The molecule has 0 amide bonds. The SMILES string of the molecule is CCC1(C)c2c(cc(C(C)C)cc2C(C)C)C(N)=[N+](C=N)C1C1CC1. The first-order chi connectivity index (χ1) is 11.8. The van der Waals surface area contributed by atoms with Crippen molar-refractivity contribution < 1.29 is 4.58 Å². The lowest BCUT2D eigenvalue weighted by Crippen LogP contribution is -2.54.